The smallest absolute Gasteiger partial charge is 0.480 e. The van der Waals surface area contributed by atoms with E-state index in [4.69, 9.17) is 20.4 Å². The Bertz CT molecular complexity index is 1170. The molecule has 0 saturated heterocycles. The van der Waals surface area contributed by atoms with Gasteiger partial charge in [-0.3, -0.25) is 4.79 Å². The Morgan fingerprint density at radius 3 is 2.30 bits per heavy atom. The van der Waals surface area contributed by atoms with Gasteiger partial charge in [0.2, 0.25) is 5.88 Å². The summed E-state index contributed by atoms with van der Waals surface area (Å²) in [6.45, 7) is 1.24. The molecule has 0 unspecified atom stereocenters. The van der Waals surface area contributed by atoms with Crippen molar-refractivity contribution in [3.63, 3.8) is 0 Å². The van der Waals surface area contributed by atoms with Gasteiger partial charge in [-0.25, -0.2) is 29.1 Å². The summed E-state index contributed by atoms with van der Waals surface area (Å²) in [5, 5.41) is 9.50. The van der Waals surface area contributed by atoms with Crippen molar-refractivity contribution in [2.45, 2.75) is 37.3 Å². The number of ether oxygens (including phenoxy) is 2. The highest BCUT2D eigenvalue weighted by molar-refractivity contribution is 6.02. The molecule has 11 nitrogen and oxygen atoms in total. The average Bonchev–Trinajstić information content (AvgIpc) is 2.79. The van der Waals surface area contributed by atoms with E-state index in [1.807, 2.05) is 0 Å². The lowest BCUT2D eigenvalue weighted by Gasteiger charge is -2.35. The lowest BCUT2D eigenvalue weighted by molar-refractivity contribution is -0.208. The largest absolute Gasteiger partial charge is 0.490 e. The third-order valence-electron chi connectivity index (χ3n) is 4.48. The maximum Gasteiger partial charge on any atom is 0.490 e. The Balaban J connectivity index is 0.000000604. The van der Waals surface area contributed by atoms with Crippen molar-refractivity contribution in [1.82, 2.24) is 15.0 Å². The molecule has 0 bridgehead atoms. The zero-order valence-electron chi connectivity index (χ0n) is 18.7. The Morgan fingerprint density at radius 2 is 1.81 bits per heavy atom. The number of nitrogens with two attached hydrogens (primary N) is 1. The van der Waals surface area contributed by atoms with Crippen molar-refractivity contribution in [3.05, 3.63) is 41.7 Å². The SMILES string of the molecule is COc1cnc(C(=O)Nc2ccc(F)c([C@]3(C)C[C@@H](C(F)(F)F)OC(N)=N3)n2)cn1.O=C(O)C(F)(F)F. The van der Waals surface area contributed by atoms with Crippen LogP contribution in [0.15, 0.2) is 29.5 Å². The first-order chi connectivity index (χ1) is 17.0. The molecule has 2 aromatic rings. The number of carboxylic acids is 1. The highest BCUT2D eigenvalue weighted by atomic mass is 19.4. The fourth-order valence-corrected chi connectivity index (χ4v) is 2.80. The summed E-state index contributed by atoms with van der Waals surface area (Å²) in [6.07, 6.45) is -10.5. The quantitative estimate of drug-likeness (QED) is 0.493. The molecule has 0 aromatic carbocycles. The summed E-state index contributed by atoms with van der Waals surface area (Å²) in [7, 11) is 1.38. The van der Waals surface area contributed by atoms with Crippen LogP contribution < -0.4 is 15.8 Å². The van der Waals surface area contributed by atoms with Crippen LogP contribution in [-0.4, -0.2) is 63.5 Å². The van der Waals surface area contributed by atoms with Gasteiger partial charge in [-0.2, -0.15) is 26.3 Å². The number of nitrogens with one attached hydrogen (secondary N) is 1. The summed E-state index contributed by atoms with van der Waals surface area (Å²) in [5.74, 6) is -4.33. The standard InChI is InChI=1S/C17H16F4N6O3.C2HF3O2/c1-16(5-10(17(19,20)21)30-15(22)27-16)13-8(18)3-4-11(25-13)26-14(28)9-6-24-12(29-2)7-23-9;3-2(4,5)1(6)7/h3-4,6-7,10H,5H2,1-2H3,(H2,22,27)(H,25,26,28);(H,6,7)/t10-,16-;/m0./s1. The Labute approximate surface area is 202 Å². The Hall–Kier alpha value is -4.25. The minimum Gasteiger partial charge on any atom is -0.480 e. The molecule has 0 aliphatic carbocycles. The van der Waals surface area contributed by atoms with E-state index in [9.17, 15) is 35.5 Å². The molecule has 18 heteroatoms. The van der Waals surface area contributed by atoms with Crippen LogP contribution in [0.3, 0.4) is 0 Å². The number of carboxylic acid groups (broad SMARTS) is 1. The number of hydrogen-bond donors (Lipinski definition) is 3. The molecule has 4 N–H and O–H groups in total. The fraction of sp³-hybridized carbons (Fsp3) is 0.368. The van der Waals surface area contributed by atoms with Gasteiger partial charge in [0.25, 0.3) is 11.9 Å². The summed E-state index contributed by atoms with van der Waals surface area (Å²) in [5.41, 5.74) is 3.10. The number of hydrogen-bond acceptors (Lipinski definition) is 9. The van der Waals surface area contributed by atoms with E-state index in [0.717, 1.165) is 18.3 Å². The van der Waals surface area contributed by atoms with Gasteiger partial charge in [-0.05, 0) is 19.1 Å². The number of alkyl halides is 6. The predicted molar refractivity (Wildman–Crippen MR) is 109 cm³/mol. The number of amidine groups is 1. The van der Waals surface area contributed by atoms with Crippen molar-refractivity contribution in [3.8, 4) is 5.88 Å². The molecule has 3 heterocycles. The zero-order chi connectivity index (χ0) is 28.2. The number of aromatic nitrogens is 3. The first kappa shape index (κ1) is 29.0. The summed E-state index contributed by atoms with van der Waals surface area (Å²) in [4.78, 5) is 36.7. The number of carbonyl (C=O) groups is 2. The van der Waals surface area contributed by atoms with Gasteiger partial charge in [-0.15, -0.1) is 0 Å². The van der Waals surface area contributed by atoms with Gasteiger partial charge >= 0.3 is 18.3 Å². The van der Waals surface area contributed by atoms with Crippen LogP contribution in [0.1, 0.15) is 29.5 Å². The molecule has 0 radical (unpaired) electrons. The number of carbonyl (C=O) groups excluding carboxylic acids is 1. The molecule has 37 heavy (non-hydrogen) atoms. The van der Waals surface area contributed by atoms with E-state index in [0.29, 0.717) is 0 Å². The monoisotopic (exact) mass is 542 g/mol. The molecule has 0 fully saturated rings. The van der Waals surface area contributed by atoms with Gasteiger partial charge in [0, 0.05) is 6.42 Å². The van der Waals surface area contributed by atoms with Crippen molar-refractivity contribution >= 4 is 23.7 Å². The Kier molecular flexibility index (Phi) is 8.45. The number of nitrogens with zero attached hydrogens (tertiary/aromatic N) is 4. The van der Waals surface area contributed by atoms with Gasteiger partial charge in [0.1, 0.15) is 28.6 Å². The number of aliphatic carboxylic acids is 1. The van der Waals surface area contributed by atoms with E-state index < -0.39 is 59.8 Å². The lowest BCUT2D eigenvalue weighted by Crippen LogP contribution is -2.46. The predicted octanol–water partition coefficient (Wildman–Crippen LogP) is 2.79. The second-order valence-electron chi connectivity index (χ2n) is 7.30. The molecule has 0 spiro atoms. The maximum atomic E-state index is 14.5. The third kappa shape index (κ3) is 7.61. The van der Waals surface area contributed by atoms with Crippen LogP contribution in [0.2, 0.25) is 0 Å². The van der Waals surface area contributed by atoms with Gasteiger partial charge in [0.15, 0.2) is 6.10 Å². The number of methoxy groups -OCH3 is 1. The van der Waals surface area contributed by atoms with Crippen molar-refractivity contribution in [1.29, 1.82) is 0 Å². The third-order valence-corrected chi connectivity index (χ3v) is 4.48. The first-order valence-electron chi connectivity index (χ1n) is 9.69. The van der Waals surface area contributed by atoms with E-state index in [1.165, 1.54) is 20.2 Å². The molecule has 202 valence electrons. The zero-order valence-corrected chi connectivity index (χ0v) is 18.7. The maximum absolute atomic E-state index is 14.5. The van der Waals surface area contributed by atoms with Gasteiger partial charge in [-0.1, -0.05) is 0 Å². The van der Waals surface area contributed by atoms with Crippen LogP contribution in [-0.2, 0) is 15.1 Å². The van der Waals surface area contributed by atoms with E-state index >= 15 is 0 Å². The van der Waals surface area contributed by atoms with Crippen LogP contribution in [0.25, 0.3) is 0 Å². The van der Waals surface area contributed by atoms with Crippen molar-refractivity contribution < 1.29 is 54.9 Å². The second kappa shape index (κ2) is 10.8. The number of rotatable bonds is 4. The summed E-state index contributed by atoms with van der Waals surface area (Å²) < 4.78 is 95.0. The topological polar surface area (TPSA) is 162 Å². The van der Waals surface area contributed by atoms with E-state index in [1.54, 1.807) is 0 Å². The number of pyridine rings is 1. The first-order valence-corrected chi connectivity index (χ1v) is 9.69. The molecule has 2 aromatic heterocycles. The van der Waals surface area contributed by atoms with Crippen LogP contribution in [0.4, 0.5) is 36.6 Å². The highest BCUT2D eigenvalue weighted by Crippen LogP contribution is 2.40. The minimum absolute atomic E-state index is 0.0832. The second-order valence-corrected chi connectivity index (χ2v) is 7.30. The highest BCUT2D eigenvalue weighted by Gasteiger charge is 2.50. The fourth-order valence-electron chi connectivity index (χ4n) is 2.80. The molecule has 3 rings (SSSR count). The number of amides is 1. The lowest BCUT2D eigenvalue weighted by atomic mass is 9.89. The molecule has 1 amide bonds. The molecular formula is C19H17F7N6O5. The van der Waals surface area contributed by atoms with E-state index in [-0.39, 0.29) is 17.4 Å². The summed E-state index contributed by atoms with van der Waals surface area (Å²) >= 11 is 0. The normalized spacial score (nSPS) is 19.5. The van der Waals surface area contributed by atoms with Crippen LogP contribution in [0, 0.1) is 5.82 Å². The van der Waals surface area contributed by atoms with E-state index in [2.05, 4.69) is 30.0 Å². The van der Waals surface area contributed by atoms with Crippen LogP contribution in [0.5, 0.6) is 5.88 Å². The van der Waals surface area contributed by atoms with Crippen molar-refractivity contribution in [2.24, 2.45) is 10.7 Å². The minimum atomic E-state index is -5.08. The summed E-state index contributed by atoms with van der Waals surface area (Å²) in [6, 6.07) is 1.35. The molecule has 0 saturated carbocycles. The van der Waals surface area contributed by atoms with Gasteiger partial charge < -0.3 is 25.6 Å². The average molecular weight is 542 g/mol. The molecular weight excluding hydrogens is 525 g/mol. The number of anilines is 1. The van der Waals surface area contributed by atoms with Crippen molar-refractivity contribution in [2.75, 3.05) is 12.4 Å². The molecule has 2 atom stereocenters. The Morgan fingerprint density at radius 1 is 1.19 bits per heavy atom. The van der Waals surface area contributed by atoms with Gasteiger partial charge in [0.05, 0.1) is 19.5 Å². The number of aliphatic imine (C=N–C) groups is 1. The number of halogens is 7. The molecule has 1 aliphatic rings. The molecule has 1 aliphatic heterocycles. The van der Waals surface area contributed by atoms with Crippen LogP contribution >= 0.6 is 0 Å².